The van der Waals surface area contributed by atoms with Crippen molar-refractivity contribution in [2.45, 2.75) is 37.8 Å². The predicted molar refractivity (Wildman–Crippen MR) is 90.1 cm³/mol. The van der Waals surface area contributed by atoms with Crippen LogP contribution < -0.4 is 0 Å². The molecule has 0 saturated carbocycles. The highest BCUT2D eigenvalue weighted by Crippen LogP contribution is 2.28. The second-order valence-corrected chi connectivity index (χ2v) is 7.19. The lowest BCUT2D eigenvalue weighted by Gasteiger charge is -2.43. The molecule has 122 valence electrons. The van der Waals surface area contributed by atoms with E-state index in [9.17, 15) is 4.79 Å². The number of benzene rings is 1. The van der Waals surface area contributed by atoms with Gasteiger partial charge in [-0.1, -0.05) is 22.9 Å². The van der Waals surface area contributed by atoms with E-state index in [0.717, 1.165) is 13.1 Å². The fourth-order valence-electron chi connectivity index (χ4n) is 2.94. The van der Waals surface area contributed by atoms with Gasteiger partial charge in [-0.15, -0.1) is 5.10 Å². The van der Waals surface area contributed by atoms with Crippen LogP contribution in [0.1, 0.15) is 29.9 Å². The van der Waals surface area contributed by atoms with Crippen molar-refractivity contribution in [3.63, 3.8) is 0 Å². The molecular weight excluding hydrogens is 310 g/mol. The number of hydrogen-bond acceptors (Lipinski definition) is 5. The molecule has 2 heterocycles. The topological polar surface area (TPSA) is 65.1 Å². The number of aryl methyl sites for hydroxylation is 1. The van der Waals surface area contributed by atoms with E-state index in [1.165, 1.54) is 10.5 Å². The summed E-state index contributed by atoms with van der Waals surface area (Å²) in [6.07, 6.45) is 1.55. The van der Waals surface area contributed by atoms with Crippen LogP contribution in [0.15, 0.2) is 35.4 Å². The number of aromatic nitrogens is 3. The molecule has 1 N–H and O–H groups in total. The smallest absolute Gasteiger partial charge is 0.276 e. The highest BCUT2D eigenvalue weighted by Gasteiger charge is 2.34. The molecule has 1 aromatic carbocycles. The Labute approximate surface area is 140 Å². The van der Waals surface area contributed by atoms with Crippen LogP contribution in [0.5, 0.6) is 0 Å². The van der Waals surface area contributed by atoms with Gasteiger partial charge in [-0.3, -0.25) is 9.89 Å². The van der Waals surface area contributed by atoms with E-state index >= 15 is 0 Å². The number of carbonyl (C=O) groups excluding carboxylic acids is 1. The average molecular weight is 331 g/mol. The summed E-state index contributed by atoms with van der Waals surface area (Å²) < 4.78 is 2.33. The van der Waals surface area contributed by atoms with Crippen LogP contribution in [0.2, 0.25) is 0 Å². The first kappa shape index (κ1) is 16.0. The number of hydrogen-bond donors (Lipinski definition) is 1. The summed E-state index contributed by atoms with van der Waals surface area (Å²) >= 11 is 1.75. The van der Waals surface area contributed by atoms with Crippen molar-refractivity contribution in [3.8, 4) is 0 Å². The Balaban J connectivity index is 1.67. The maximum Gasteiger partial charge on any atom is 0.276 e. The zero-order valence-corrected chi connectivity index (χ0v) is 14.4. The van der Waals surface area contributed by atoms with Crippen molar-refractivity contribution >= 4 is 17.9 Å². The van der Waals surface area contributed by atoms with Crippen molar-refractivity contribution in [1.82, 2.24) is 24.6 Å². The molecule has 1 aliphatic heterocycles. The van der Waals surface area contributed by atoms with E-state index in [-0.39, 0.29) is 18.0 Å². The number of nitrogens with zero attached hydrogens (tertiary/aromatic N) is 4. The Morgan fingerprint density at radius 3 is 2.43 bits per heavy atom. The molecule has 2 aromatic rings. The summed E-state index contributed by atoms with van der Waals surface area (Å²) in [5, 5.41) is 10.1. The van der Waals surface area contributed by atoms with Crippen LogP contribution in [-0.4, -0.2) is 55.7 Å². The number of piperazine rings is 1. The van der Waals surface area contributed by atoms with Crippen molar-refractivity contribution in [2.75, 3.05) is 13.1 Å². The first-order valence-corrected chi connectivity index (χ1v) is 8.50. The van der Waals surface area contributed by atoms with E-state index in [1.54, 1.807) is 18.1 Å². The minimum absolute atomic E-state index is 0.0567. The minimum atomic E-state index is -0.0567. The number of carbonyl (C=O) groups is 1. The zero-order chi connectivity index (χ0) is 16.4. The van der Waals surface area contributed by atoms with Gasteiger partial charge < -0.3 is 4.90 Å². The summed E-state index contributed by atoms with van der Waals surface area (Å²) in [5.74, 6) is -0.0567. The van der Waals surface area contributed by atoms with Crippen LogP contribution in [0, 0.1) is 6.92 Å². The Kier molecular flexibility index (Phi) is 4.68. The monoisotopic (exact) mass is 331 g/mol. The third kappa shape index (κ3) is 3.56. The lowest BCUT2D eigenvalue weighted by atomic mass is 10.1. The summed E-state index contributed by atoms with van der Waals surface area (Å²) in [6.45, 7) is 7.90. The van der Waals surface area contributed by atoms with Gasteiger partial charge in [-0.25, -0.2) is 4.31 Å². The van der Waals surface area contributed by atoms with E-state index < -0.39 is 0 Å². The molecule has 0 spiro atoms. The molecule has 3 rings (SSSR count). The van der Waals surface area contributed by atoms with Gasteiger partial charge in [0.1, 0.15) is 0 Å². The summed E-state index contributed by atoms with van der Waals surface area (Å²) in [7, 11) is 0. The summed E-state index contributed by atoms with van der Waals surface area (Å²) in [4.78, 5) is 15.7. The molecule has 0 aliphatic carbocycles. The van der Waals surface area contributed by atoms with Gasteiger partial charge in [0.15, 0.2) is 5.69 Å². The van der Waals surface area contributed by atoms with Gasteiger partial charge in [0.2, 0.25) is 0 Å². The molecule has 2 atom stereocenters. The van der Waals surface area contributed by atoms with Crippen LogP contribution in [0.25, 0.3) is 0 Å². The van der Waals surface area contributed by atoms with Gasteiger partial charge in [0.05, 0.1) is 6.20 Å². The molecule has 1 aliphatic rings. The van der Waals surface area contributed by atoms with Gasteiger partial charge in [0, 0.05) is 30.1 Å². The van der Waals surface area contributed by atoms with Crippen molar-refractivity contribution in [1.29, 1.82) is 0 Å². The van der Waals surface area contributed by atoms with Gasteiger partial charge in [-0.05, 0) is 44.9 Å². The van der Waals surface area contributed by atoms with Gasteiger partial charge in [-0.2, -0.15) is 0 Å². The van der Waals surface area contributed by atoms with Crippen molar-refractivity contribution < 1.29 is 4.79 Å². The number of amides is 1. The van der Waals surface area contributed by atoms with Crippen LogP contribution >= 0.6 is 11.9 Å². The molecule has 0 radical (unpaired) electrons. The molecule has 1 saturated heterocycles. The lowest BCUT2D eigenvalue weighted by molar-refractivity contribution is 0.0449. The first-order chi connectivity index (χ1) is 11.0. The number of aromatic amines is 1. The summed E-state index contributed by atoms with van der Waals surface area (Å²) in [6, 6.07) is 8.78. The standard InChI is InChI=1S/C16H21N5OS/c1-11-4-6-14(7-5-11)23-20-9-12(2)21(13(3)10-20)16(22)15-8-17-19-18-15/h4-8,12-13H,9-10H2,1-3H3,(H,17,18,19). The van der Waals surface area contributed by atoms with E-state index in [0.29, 0.717) is 5.69 Å². The highest BCUT2D eigenvalue weighted by molar-refractivity contribution is 7.97. The first-order valence-electron chi connectivity index (χ1n) is 7.73. The van der Waals surface area contributed by atoms with Crippen LogP contribution in [-0.2, 0) is 0 Å². The Hall–Kier alpha value is -1.86. The second-order valence-electron chi connectivity index (χ2n) is 6.02. The van der Waals surface area contributed by atoms with Gasteiger partial charge in [0.25, 0.3) is 5.91 Å². The molecule has 1 amide bonds. The molecule has 23 heavy (non-hydrogen) atoms. The Morgan fingerprint density at radius 2 is 1.87 bits per heavy atom. The largest absolute Gasteiger partial charge is 0.329 e. The van der Waals surface area contributed by atoms with E-state index in [1.807, 2.05) is 4.90 Å². The summed E-state index contributed by atoms with van der Waals surface area (Å²) in [5.41, 5.74) is 1.64. The zero-order valence-electron chi connectivity index (χ0n) is 13.6. The number of nitrogens with one attached hydrogen (secondary N) is 1. The molecule has 6 nitrogen and oxygen atoms in total. The normalized spacial score (nSPS) is 22.3. The fraction of sp³-hybridized carbons (Fsp3) is 0.438. The molecular formula is C16H21N5OS. The molecule has 1 fully saturated rings. The van der Waals surface area contributed by atoms with E-state index in [4.69, 9.17) is 0 Å². The Morgan fingerprint density at radius 1 is 1.22 bits per heavy atom. The molecule has 0 bridgehead atoms. The highest BCUT2D eigenvalue weighted by atomic mass is 32.2. The fourth-order valence-corrected chi connectivity index (χ4v) is 4.07. The lowest BCUT2D eigenvalue weighted by Crippen LogP contribution is -2.57. The van der Waals surface area contributed by atoms with Crippen LogP contribution in [0.3, 0.4) is 0 Å². The SMILES string of the molecule is Cc1ccc(SN2CC(C)N(C(=O)c3c[nH]nn3)C(C)C2)cc1. The molecule has 1 aromatic heterocycles. The van der Waals surface area contributed by atoms with Crippen molar-refractivity contribution in [3.05, 3.63) is 41.7 Å². The second kappa shape index (κ2) is 6.72. The average Bonchev–Trinajstić information content (AvgIpc) is 3.03. The maximum atomic E-state index is 12.6. The van der Waals surface area contributed by atoms with E-state index in [2.05, 4.69) is 64.8 Å². The molecule has 7 heteroatoms. The third-order valence-corrected chi connectivity index (χ3v) is 5.05. The van der Waals surface area contributed by atoms with Crippen molar-refractivity contribution in [2.24, 2.45) is 0 Å². The molecule has 2 unspecified atom stereocenters. The quantitative estimate of drug-likeness (QED) is 0.875. The number of H-pyrrole nitrogens is 1. The van der Waals surface area contributed by atoms with Crippen LogP contribution in [0.4, 0.5) is 0 Å². The predicted octanol–water partition coefficient (Wildman–Crippen LogP) is 2.36. The number of rotatable bonds is 3. The minimum Gasteiger partial charge on any atom is -0.329 e. The van der Waals surface area contributed by atoms with Gasteiger partial charge >= 0.3 is 0 Å². The maximum absolute atomic E-state index is 12.6. The Bertz CT molecular complexity index is 646. The third-order valence-electron chi connectivity index (χ3n) is 4.01.